The zero-order chi connectivity index (χ0) is 10.8. The SMILES string of the molecule is CCCc1ncc(Cl)c(C(F)(F)F)n1. The van der Waals surface area contributed by atoms with E-state index in [1.54, 1.807) is 0 Å². The van der Waals surface area contributed by atoms with E-state index in [0.29, 0.717) is 12.8 Å². The van der Waals surface area contributed by atoms with Gasteiger partial charge in [-0.25, -0.2) is 9.97 Å². The van der Waals surface area contributed by atoms with Gasteiger partial charge in [0.1, 0.15) is 5.82 Å². The Morgan fingerprint density at radius 1 is 1.43 bits per heavy atom. The van der Waals surface area contributed by atoms with E-state index in [2.05, 4.69) is 9.97 Å². The summed E-state index contributed by atoms with van der Waals surface area (Å²) in [6.07, 6.45) is -2.41. The Balaban J connectivity index is 3.09. The minimum Gasteiger partial charge on any atom is -0.240 e. The van der Waals surface area contributed by atoms with Gasteiger partial charge in [0.15, 0.2) is 5.69 Å². The van der Waals surface area contributed by atoms with Crippen molar-refractivity contribution in [1.82, 2.24) is 9.97 Å². The van der Waals surface area contributed by atoms with E-state index in [1.165, 1.54) is 0 Å². The van der Waals surface area contributed by atoms with E-state index in [0.717, 1.165) is 6.20 Å². The van der Waals surface area contributed by atoms with Crippen LogP contribution in [0.4, 0.5) is 13.2 Å². The lowest BCUT2D eigenvalue weighted by Crippen LogP contribution is -2.11. The van der Waals surface area contributed by atoms with Gasteiger partial charge in [0.2, 0.25) is 0 Å². The van der Waals surface area contributed by atoms with Gasteiger partial charge < -0.3 is 0 Å². The van der Waals surface area contributed by atoms with Crippen molar-refractivity contribution >= 4 is 11.6 Å². The number of aryl methyl sites for hydroxylation is 1. The monoisotopic (exact) mass is 224 g/mol. The van der Waals surface area contributed by atoms with E-state index in [9.17, 15) is 13.2 Å². The number of halogens is 4. The van der Waals surface area contributed by atoms with Crippen LogP contribution in [0.1, 0.15) is 24.9 Å². The first-order valence-corrected chi connectivity index (χ1v) is 4.41. The van der Waals surface area contributed by atoms with E-state index in [-0.39, 0.29) is 5.82 Å². The molecule has 1 heterocycles. The van der Waals surface area contributed by atoms with Crippen LogP contribution in [0.5, 0.6) is 0 Å². The predicted octanol–water partition coefficient (Wildman–Crippen LogP) is 3.10. The molecule has 0 radical (unpaired) electrons. The molecular formula is C8H8ClF3N2. The molecule has 0 aliphatic rings. The summed E-state index contributed by atoms with van der Waals surface area (Å²) in [6.45, 7) is 1.84. The second kappa shape index (κ2) is 4.13. The van der Waals surface area contributed by atoms with Crippen LogP contribution in [0.25, 0.3) is 0 Å². The number of alkyl halides is 3. The summed E-state index contributed by atoms with van der Waals surface area (Å²) in [4.78, 5) is 7.06. The molecule has 0 unspecified atom stereocenters. The topological polar surface area (TPSA) is 25.8 Å². The van der Waals surface area contributed by atoms with Crippen LogP contribution < -0.4 is 0 Å². The van der Waals surface area contributed by atoms with Gasteiger partial charge in [-0.1, -0.05) is 18.5 Å². The number of aromatic nitrogens is 2. The van der Waals surface area contributed by atoms with E-state index < -0.39 is 16.9 Å². The molecule has 0 amide bonds. The molecule has 0 aromatic carbocycles. The lowest BCUT2D eigenvalue weighted by Gasteiger charge is -2.08. The largest absolute Gasteiger partial charge is 0.434 e. The highest BCUT2D eigenvalue weighted by atomic mass is 35.5. The van der Waals surface area contributed by atoms with Crippen LogP contribution in [0.2, 0.25) is 5.02 Å². The number of hydrogen-bond acceptors (Lipinski definition) is 2. The highest BCUT2D eigenvalue weighted by Crippen LogP contribution is 2.32. The van der Waals surface area contributed by atoms with Gasteiger partial charge in [-0.3, -0.25) is 0 Å². The minimum atomic E-state index is -4.51. The van der Waals surface area contributed by atoms with Gasteiger partial charge >= 0.3 is 6.18 Å². The highest BCUT2D eigenvalue weighted by molar-refractivity contribution is 6.31. The average molecular weight is 225 g/mol. The smallest absolute Gasteiger partial charge is 0.240 e. The van der Waals surface area contributed by atoms with Crippen LogP contribution in [0, 0.1) is 0 Å². The summed E-state index contributed by atoms with van der Waals surface area (Å²) in [5, 5.41) is -0.461. The third-order valence-corrected chi connectivity index (χ3v) is 1.81. The molecule has 1 rings (SSSR count). The lowest BCUT2D eigenvalue weighted by molar-refractivity contribution is -0.141. The molecule has 0 bridgehead atoms. The molecule has 0 atom stereocenters. The molecule has 0 spiro atoms. The maximum atomic E-state index is 12.3. The molecule has 0 saturated carbocycles. The molecule has 0 N–H and O–H groups in total. The van der Waals surface area contributed by atoms with Crippen molar-refractivity contribution in [1.29, 1.82) is 0 Å². The highest BCUT2D eigenvalue weighted by Gasteiger charge is 2.35. The Morgan fingerprint density at radius 3 is 2.57 bits per heavy atom. The molecule has 78 valence electrons. The fourth-order valence-corrected chi connectivity index (χ4v) is 1.14. The van der Waals surface area contributed by atoms with Crippen molar-refractivity contribution < 1.29 is 13.2 Å². The second-order valence-corrected chi connectivity index (χ2v) is 3.14. The molecule has 1 aromatic heterocycles. The summed E-state index contributed by atoms with van der Waals surface area (Å²) in [5.74, 6) is 0.171. The summed E-state index contributed by atoms with van der Waals surface area (Å²) in [7, 11) is 0. The molecule has 0 saturated heterocycles. The van der Waals surface area contributed by atoms with Gasteiger partial charge in [0, 0.05) is 12.6 Å². The van der Waals surface area contributed by atoms with Crippen molar-refractivity contribution in [3.05, 3.63) is 22.7 Å². The fraction of sp³-hybridized carbons (Fsp3) is 0.500. The Labute approximate surface area is 84.1 Å². The summed E-state index contributed by atoms with van der Waals surface area (Å²) in [6, 6.07) is 0. The molecule has 14 heavy (non-hydrogen) atoms. The van der Waals surface area contributed by atoms with Crippen molar-refractivity contribution in [3.63, 3.8) is 0 Å². The molecule has 0 aliphatic carbocycles. The van der Waals surface area contributed by atoms with Crippen molar-refractivity contribution in [3.8, 4) is 0 Å². The van der Waals surface area contributed by atoms with Gasteiger partial charge in [0.25, 0.3) is 0 Å². The maximum absolute atomic E-state index is 12.3. The molecule has 6 heteroatoms. The minimum absolute atomic E-state index is 0.171. The third kappa shape index (κ3) is 2.57. The van der Waals surface area contributed by atoms with Gasteiger partial charge in [-0.15, -0.1) is 0 Å². The summed E-state index contributed by atoms with van der Waals surface area (Å²) < 4.78 is 36.9. The van der Waals surface area contributed by atoms with Crippen LogP contribution in [0.3, 0.4) is 0 Å². The summed E-state index contributed by atoms with van der Waals surface area (Å²) >= 11 is 5.34. The fourth-order valence-electron chi connectivity index (χ4n) is 0.947. The second-order valence-electron chi connectivity index (χ2n) is 2.73. The Hall–Kier alpha value is -0.840. The van der Waals surface area contributed by atoms with Gasteiger partial charge in [0.05, 0.1) is 5.02 Å². The zero-order valence-corrected chi connectivity index (χ0v) is 8.15. The van der Waals surface area contributed by atoms with E-state index >= 15 is 0 Å². The van der Waals surface area contributed by atoms with Gasteiger partial charge in [-0.05, 0) is 6.42 Å². The van der Waals surface area contributed by atoms with Crippen LogP contribution in [-0.2, 0) is 12.6 Å². The van der Waals surface area contributed by atoms with Crippen LogP contribution in [0.15, 0.2) is 6.20 Å². The first kappa shape index (κ1) is 11.2. The molecule has 2 nitrogen and oxygen atoms in total. The normalized spacial score (nSPS) is 11.8. The first-order chi connectivity index (χ1) is 6.45. The maximum Gasteiger partial charge on any atom is 0.434 e. The standard InChI is InChI=1S/C8H8ClF3N2/c1-2-3-6-13-4-5(9)7(14-6)8(10,11)12/h4H,2-3H2,1H3. The van der Waals surface area contributed by atoms with Crippen LogP contribution >= 0.6 is 11.6 Å². The number of rotatable bonds is 2. The zero-order valence-electron chi connectivity index (χ0n) is 7.40. The van der Waals surface area contributed by atoms with Gasteiger partial charge in [-0.2, -0.15) is 13.2 Å². The predicted molar refractivity (Wildman–Crippen MR) is 46.0 cm³/mol. The average Bonchev–Trinajstić information content (AvgIpc) is 2.07. The third-order valence-electron chi connectivity index (χ3n) is 1.54. The molecule has 0 aliphatic heterocycles. The Kier molecular flexibility index (Phi) is 3.31. The quantitative estimate of drug-likeness (QED) is 0.772. The van der Waals surface area contributed by atoms with Crippen LogP contribution in [-0.4, -0.2) is 9.97 Å². The lowest BCUT2D eigenvalue weighted by atomic mass is 10.3. The van der Waals surface area contributed by atoms with Crippen molar-refractivity contribution in [2.75, 3.05) is 0 Å². The first-order valence-electron chi connectivity index (χ1n) is 4.03. The molecular weight excluding hydrogens is 217 g/mol. The van der Waals surface area contributed by atoms with Crippen molar-refractivity contribution in [2.45, 2.75) is 25.9 Å². The molecule has 0 fully saturated rings. The number of nitrogens with zero attached hydrogens (tertiary/aromatic N) is 2. The number of hydrogen-bond donors (Lipinski definition) is 0. The van der Waals surface area contributed by atoms with Crippen molar-refractivity contribution in [2.24, 2.45) is 0 Å². The molecule has 1 aromatic rings. The van der Waals surface area contributed by atoms with E-state index in [4.69, 9.17) is 11.6 Å². The summed E-state index contributed by atoms with van der Waals surface area (Å²) in [5.41, 5.74) is -1.06. The Morgan fingerprint density at radius 2 is 2.07 bits per heavy atom. The van der Waals surface area contributed by atoms with E-state index in [1.807, 2.05) is 6.92 Å². The Bertz CT molecular complexity index is 325.